The summed E-state index contributed by atoms with van der Waals surface area (Å²) in [7, 11) is 2.00. The molecule has 8 aromatic rings. The minimum atomic E-state index is -0.254. The number of anilines is 7. The highest BCUT2D eigenvalue weighted by atomic mass is 16.5. The van der Waals surface area contributed by atoms with Gasteiger partial charge in [-0.25, -0.2) is 9.59 Å². The molecule has 0 radical (unpaired) electrons. The second kappa shape index (κ2) is 38.4. The Kier molecular flexibility index (Phi) is 25.8. The fourth-order valence-corrected chi connectivity index (χ4v) is 24.7. The summed E-state index contributed by atoms with van der Waals surface area (Å²) in [5.74, 6) is 7.29. The summed E-state index contributed by atoms with van der Waals surface area (Å²) in [6.07, 6.45) is 45.2. The fraction of sp³-hybridized carbons (Fsp3) is 0.482. The lowest BCUT2D eigenvalue weighted by Gasteiger charge is -2.40. The van der Waals surface area contributed by atoms with Gasteiger partial charge in [0.15, 0.2) is 0 Å². The zero-order chi connectivity index (χ0) is 89.7. The van der Waals surface area contributed by atoms with Crippen LogP contribution < -0.4 is 81.7 Å². The van der Waals surface area contributed by atoms with Gasteiger partial charge in [-0.2, -0.15) is 0 Å². The van der Waals surface area contributed by atoms with Gasteiger partial charge >= 0.3 is 11.3 Å². The second-order valence-corrected chi connectivity index (χ2v) is 39.5. The van der Waals surface area contributed by atoms with E-state index in [9.17, 15) is 9.59 Å². The lowest BCUT2D eigenvalue weighted by Crippen LogP contribution is -2.35. The van der Waals surface area contributed by atoms with Crippen LogP contribution in [0.15, 0.2) is 141 Å². The molecule has 1 unspecified atom stereocenters. The molecule has 0 saturated carbocycles. The minimum Gasteiger partial charge on any atom is -0.457 e. The molecule has 0 amide bonds. The number of hydrogen-bond acceptors (Lipinski definition) is 19. The number of nitrogens with zero attached hydrogens (tertiary/aromatic N) is 7. The van der Waals surface area contributed by atoms with E-state index >= 15 is 0 Å². The molecule has 25 rings (SSSR count). The van der Waals surface area contributed by atoms with Crippen molar-refractivity contribution in [3.05, 3.63) is 238 Å². The Morgan fingerprint density at radius 1 is 0.382 bits per heavy atom. The van der Waals surface area contributed by atoms with Gasteiger partial charge in [-0.3, -0.25) is 0 Å². The third-order valence-corrected chi connectivity index (χ3v) is 30.1. The highest BCUT2D eigenvalue weighted by Gasteiger charge is 2.39. The maximum Gasteiger partial charge on any atom is 0.339 e. The summed E-state index contributed by atoms with van der Waals surface area (Å²) in [5.41, 5.74) is 50.8. The molecule has 19 nitrogen and oxygen atoms in total. The number of benzene rings is 6. The highest BCUT2D eigenvalue weighted by Crippen LogP contribution is 2.54. The van der Waals surface area contributed by atoms with E-state index in [1.165, 1.54) is 301 Å². The lowest BCUT2D eigenvalue weighted by atomic mass is 9.85. The van der Waals surface area contributed by atoms with Gasteiger partial charge in [0.2, 0.25) is 0 Å². The van der Waals surface area contributed by atoms with Crippen molar-refractivity contribution in [2.45, 2.75) is 232 Å². The largest absolute Gasteiger partial charge is 0.457 e. The Balaban J connectivity index is 0.0000000982. The van der Waals surface area contributed by atoms with Crippen LogP contribution in [0.5, 0.6) is 23.0 Å². The third-order valence-electron chi connectivity index (χ3n) is 30.1. The molecule has 0 bridgehead atoms. The molecule has 17 aliphatic rings. The molecular formula is C112H137N11O8. The molecule has 19 heterocycles. The summed E-state index contributed by atoms with van der Waals surface area (Å²) in [5, 5.41) is 8.84. The van der Waals surface area contributed by atoms with Gasteiger partial charge in [0.05, 0.1) is 11.4 Å². The van der Waals surface area contributed by atoms with Crippen LogP contribution in [0, 0.1) is 0 Å². The molecule has 6 aromatic carbocycles. The molecule has 131 heavy (non-hydrogen) atoms. The molecule has 6 N–H and O–H groups in total. The topological polar surface area (TPSA) is 196 Å². The zero-order valence-corrected chi connectivity index (χ0v) is 78.5. The van der Waals surface area contributed by atoms with Crippen molar-refractivity contribution >= 4 is 84.2 Å². The first-order chi connectivity index (χ1) is 64.0. The summed E-state index contributed by atoms with van der Waals surface area (Å²) in [4.78, 5) is 41.9. The first-order valence-corrected chi connectivity index (χ1v) is 50.4. The van der Waals surface area contributed by atoms with Crippen LogP contribution in [0.1, 0.15) is 237 Å². The van der Waals surface area contributed by atoms with Gasteiger partial charge in [-0.05, 0) is 330 Å². The van der Waals surface area contributed by atoms with Crippen LogP contribution in [0.4, 0.5) is 39.8 Å². The van der Waals surface area contributed by atoms with Gasteiger partial charge in [-0.1, -0.05) is 46.6 Å². The minimum absolute atomic E-state index is 0.145. The molecule has 1 fully saturated rings. The van der Waals surface area contributed by atoms with Gasteiger partial charge < -0.3 is 84.2 Å². The standard InChI is InChI=1S/C21H26N2O.2C19H24N2O.C18H22N2O2.C18H21NO2.C17H20N2O/c1-15-13-19(22-9-3-2-4-10-22)18-14-16-7-5-11-23-12-6-8-17(20(16)23)21(18)24-15;1-13-11-14(7-8-20-2)17-12-15-5-3-9-21-10-4-6-16(18(15)21)19(17)22-13;1-12(20)9-15-10-13(2)22-19-16-6-4-8-21-7-3-5-14(18(16)21)11-17(15)19;1-2-7-19-15-11-16(21)22-18-13-6-4-9-20-8-3-5-12(17(13)20)10-14(15)18;1-2-5-13-11-14-10-12-6-3-8-19-9-4-7-15(16(12)19)17(14)21-18(13)20;1-11-8-13(10-18)15-9-12-4-2-6-19-7-3-5-14(16(12)19)17(15)20-11/h13-14H,1-12H2;11-12,20H,1,3-10H2,2H3;10-12H,2-9,20H2,1H3;10-11,19H,2-9H2,1H3;10-11H,2-9H2,1H3;8-9H,1-7,10,18H2. The zero-order valence-electron chi connectivity index (χ0n) is 78.5. The Bertz CT molecular complexity index is 6110. The second-order valence-electron chi connectivity index (χ2n) is 39.5. The van der Waals surface area contributed by atoms with Crippen molar-refractivity contribution in [2.24, 2.45) is 11.5 Å². The van der Waals surface area contributed by atoms with Crippen molar-refractivity contribution in [3.8, 4) is 23.0 Å². The molecule has 0 aliphatic carbocycles. The number of hydrogen-bond donors (Lipinski definition) is 4. The van der Waals surface area contributed by atoms with Crippen molar-refractivity contribution in [1.82, 2.24) is 10.2 Å². The average Bonchev–Trinajstić information content (AvgIpc) is 0.725. The first-order valence-electron chi connectivity index (χ1n) is 50.4. The maximum atomic E-state index is 12.2. The number of fused-ring (bicyclic) bond motifs is 12. The molecule has 1 saturated heterocycles. The number of nitrogens with two attached hydrogens (primary N) is 2. The quantitative estimate of drug-likeness (QED) is 0.0842. The predicted molar refractivity (Wildman–Crippen MR) is 539 cm³/mol. The van der Waals surface area contributed by atoms with Crippen molar-refractivity contribution < 1.29 is 27.8 Å². The summed E-state index contributed by atoms with van der Waals surface area (Å²) in [6, 6.07) is 17.8. The van der Waals surface area contributed by atoms with Crippen LogP contribution in [-0.4, -0.2) is 129 Å². The smallest absolute Gasteiger partial charge is 0.339 e. The summed E-state index contributed by atoms with van der Waals surface area (Å²) < 4.78 is 35.7. The van der Waals surface area contributed by atoms with Crippen LogP contribution in [0.2, 0.25) is 0 Å². The van der Waals surface area contributed by atoms with Gasteiger partial charge in [0.25, 0.3) is 0 Å². The first kappa shape index (κ1) is 88.1. The van der Waals surface area contributed by atoms with E-state index in [2.05, 4.69) is 153 Å². The van der Waals surface area contributed by atoms with E-state index < -0.39 is 0 Å². The van der Waals surface area contributed by atoms with E-state index in [1.54, 1.807) is 6.07 Å². The van der Waals surface area contributed by atoms with Gasteiger partial charge in [0.1, 0.15) is 57.2 Å². The Hall–Kier alpha value is -10.9. The number of ether oxygens (including phenoxy) is 4. The van der Waals surface area contributed by atoms with Gasteiger partial charge in [-0.15, -0.1) is 0 Å². The molecule has 2 aromatic heterocycles. The molecule has 688 valence electrons. The molecule has 17 aliphatic heterocycles. The van der Waals surface area contributed by atoms with Crippen LogP contribution in [-0.2, 0) is 83.5 Å². The molecule has 1 atom stereocenters. The number of nitrogens with one attached hydrogen (secondary N) is 2. The van der Waals surface area contributed by atoms with E-state index in [0.29, 0.717) is 12.3 Å². The Morgan fingerprint density at radius 3 is 1.20 bits per heavy atom. The van der Waals surface area contributed by atoms with Crippen LogP contribution in [0.25, 0.3) is 44.4 Å². The maximum absolute atomic E-state index is 12.2. The monoisotopic (exact) mass is 1760 g/mol. The van der Waals surface area contributed by atoms with E-state index in [4.69, 9.17) is 39.2 Å². The lowest BCUT2D eigenvalue weighted by molar-refractivity contribution is 0.319. The molecule has 19 heteroatoms. The average molecular weight is 1770 g/mol. The Labute approximate surface area is 775 Å². The normalized spacial score (nSPS) is 19.4. The number of piperidine rings is 1. The van der Waals surface area contributed by atoms with Crippen LogP contribution >= 0.6 is 0 Å². The highest BCUT2D eigenvalue weighted by molar-refractivity contribution is 5.97. The van der Waals surface area contributed by atoms with E-state index in [1.807, 2.05) is 13.1 Å². The summed E-state index contributed by atoms with van der Waals surface area (Å²) in [6.45, 7) is 41.3. The van der Waals surface area contributed by atoms with E-state index in [-0.39, 0.29) is 17.3 Å². The summed E-state index contributed by atoms with van der Waals surface area (Å²) >= 11 is 0. The molecular weight excluding hydrogens is 1630 g/mol. The third kappa shape index (κ3) is 17.4. The van der Waals surface area contributed by atoms with Gasteiger partial charge in [0, 0.05) is 229 Å². The van der Waals surface area contributed by atoms with Crippen molar-refractivity contribution in [3.63, 3.8) is 0 Å². The Morgan fingerprint density at radius 2 is 0.756 bits per heavy atom. The van der Waals surface area contributed by atoms with Crippen molar-refractivity contribution in [1.29, 1.82) is 0 Å². The SMILES string of the molecule is C=C1C=C(CC(C)N)c2cc3c4c(c2O1)CCCN4CCC3.C=C1C=C(CCNC)c2cc3c4c(c2O1)CCCN4CCC3.C=C1C=C(CN)c2cc3c4c(c2O1)CCCN4CCC3.C=C1C=C(N2CCCCC2)c2cc3c4c(c2O1)CCCN4CCC3.CCCNc1cc(=O)oc2c3c4c(cc12)CCCN4CCC3.CCCc1cc2cc3c4c(c2oc1=O)CCCN4CCC3. The molecule has 0 spiro atoms. The van der Waals surface area contributed by atoms with Crippen LogP contribution in [0.3, 0.4) is 0 Å². The number of rotatable bonds is 12. The predicted octanol–water partition coefficient (Wildman–Crippen LogP) is 20.2. The number of likely N-dealkylation sites (tertiary alicyclic amines) is 1. The number of allylic oxidation sites excluding steroid dienone is 4. The number of aryl methyl sites for hydroxylation is 9. The van der Waals surface area contributed by atoms with E-state index in [0.717, 1.165) is 228 Å². The fourth-order valence-electron chi connectivity index (χ4n) is 24.7. The van der Waals surface area contributed by atoms with Crippen molar-refractivity contribution in [2.75, 3.05) is 153 Å².